The summed E-state index contributed by atoms with van der Waals surface area (Å²) in [5.74, 6) is 0.855. The topological polar surface area (TPSA) is 47.3 Å². The maximum Gasteiger partial charge on any atom is 0.0591 e. The number of benzene rings is 1. The highest BCUT2D eigenvalue weighted by molar-refractivity contribution is 5.14. The van der Waals surface area contributed by atoms with Gasteiger partial charge in [0, 0.05) is 25.7 Å². The van der Waals surface area contributed by atoms with Crippen LogP contribution in [0.25, 0.3) is 0 Å². The summed E-state index contributed by atoms with van der Waals surface area (Å²) >= 11 is 0. The van der Waals surface area contributed by atoms with Crippen LogP contribution in [0.15, 0.2) is 30.3 Å². The first-order chi connectivity index (χ1) is 9.34. The van der Waals surface area contributed by atoms with Gasteiger partial charge in [-0.15, -0.1) is 0 Å². The Bertz CT molecular complexity index is 338. The molecule has 0 heterocycles. The zero-order valence-corrected chi connectivity index (χ0v) is 11.7. The van der Waals surface area contributed by atoms with E-state index in [1.165, 1.54) is 18.4 Å². The number of nitrogens with two attached hydrogens (primary N) is 1. The first kappa shape index (κ1) is 14.5. The lowest BCUT2D eigenvalue weighted by Crippen LogP contribution is -2.35. The third-order valence-corrected chi connectivity index (χ3v) is 3.53. The molecule has 1 aliphatic rings. The van der Waals surface area contributed by atoms with Gasteiger partial charge in [0.15, 0.2) is 0 Å². The first-order valence-corrected chi connectivity index (χ1v) is 7.42. The zero-order chi connectivity index (χ0) is 13.3. The molecule has 1 aromatic carbocycles. The van der Waals surface area contributed by atoms with Gasteiger partial charge in [-0.25, -0.2) is 0 Å². The quantitative estimate of drug-likeness (QED) is 0.634. The van der Waals surface area contributed by atoms with Gasteiger partial charge in [-0.1, -0.05) is 30.3 Å². The number of aryl methyl sites for hydroxylation is 1. The molecule has 0 aliphatic heterocycles. The largest absolute Gasteiger partial charge is 0.380 e. The van der Waals surface area contributed by atoms with E-state index in [2.05, 4.69) is 29.6 Å². The summed E-state index contributed by atoms with van der Waals surface area (Å²) in [6.07, 6.45) is 4.80. The molecule has 3 nitrogen and oxygen atoms in total. The summed E-state index contributed by atoms with van der Waals surface area (Å²) in [5.41, 5.74) is 7.46. The number of ether oxygens (including phenoxy) is 1. The van der Waals surface area contributed by atoms with Gasteiger partial charge in [0.05, 0.1) is 6.61 Å². The molecule has 0 saturated heterocycles. The standard InChI is InChI=1S/C16H26N2O/c17-16(9-8-14-4-2-1-3-5-14)12-18-10-11-19-13-15-6-7-15/h1-5,15-16,18H,6-13,17H2. The van der Waals surface area contributed by atoms with E-state index >= 15 is 0 Å². The monoisotopic (exact) mass is 262 g/mol. The van der Waals surface area contributed by atoms with Crippen molar-refractivity contribution in [3.05, 3.63) is 35.9 Å². The molecule has 0 spiro atoms. The van der Waals surface area contributed by atoms with Gasteiger partial charge >= 0.3 is 0 Å². The summed E-state index contributed by atoms with van der Waals surface area (Å²) < 4.78 is 5.57. The Morgan fingerprint density at radius 2 is 2.05 bits per heavy atom. The van der Waals surface area contributed by atoms with Crippen LogP contribution in [-0.2, 0) is 11.2 Å². The predicted molar refractivity (Wildman–Crippen MR) is 79.2 cm³/mol. The van der Waals surface area contributed by atoms with Gasteiger partial charge in [0.25, 0.3) is 0 Å². The highest BCUT2D eigenvalue weighted by atomic mass is 16.5. The van der Waals surface area contributed by atoms with Crippen molar-refractivity contribution in [1.82, 2.24) is 5.32 Å². The lowest BCUT2D eigenvalue weighted by Gasteiger charge is -2.13. The van der Waals surface area contributed by atoms with Crippen molar-refractivity contribution >= 4 is 0 Å². The van der Waals surface area contributed by atoms with Crippen LogP contribution >= 0.6 is 0 Å². The molecule has 3 heteroatoms. The molecule has 106 valence electrons. The molecule has 0 amide bonds. The van der Waals surface area contributed by atoms with Gasteiger partial charge in [-0.3, -0.25) is 0 Å². The van der Waals surface area contributed by atoms with Gasteiger partial charge in [-0.2, -0.15) is 0 Å². The minimum absolute atomic E-state index is 0.226. The van der Waals surface area contributed by atoms with E-state index < -0.39 is 0 Å². The van der Waals surface area contributed by atoms with Crippen LogP contribution in [0.2, 0.25) is 0 Å². The molecule has 2 rings (SSSR count). The molecule has 1 fully saturated rings. The van der Waals surface area contributed by atoms with Gasteiger partial charge in [-0.05, 0) is 37.2 Å². The van der Waals surface area contributed by atoms with Crippen molar-refractivity contribution in [3.8, 4) is 0 Å². The second-order valence-corrected chi connectivity index (χ2v) is 5.51. The lowest BCUT2D eigenvalue weighted by atomic mass is 10.1. The summed E-state index contributed by atoms with van der Waals surface area (Å²) in [7, 11) is 0. The van der Waals surface area contributed by atoms with Crippen LogP contribution in [-0.4, -0.2) is 32.3 Å². The predicted octanol–water partition coefficient (Wildman–Crippen LogP) is 1.96. The van der Waals surface area contributed by atoms with Crippen LogP contribution in [0.5, 0.6) is 0 Å². The molecule has 1 saturated carbocycles. The fraction of sp³-hybridized carbons (Fsp3) is 0.625. The molecular formula is C16H26N2O. The Morgan fingerprint density at radius 3 is 2.79 bits per heavy atom. The van der Waals surface area contributed by atoms with Crippen molar-refractivity contribution < 1.29 is 4.74 Å². The Morgan fingerprint density at radius 1 is 1.26 bits per heavy atom. The molecular weight excluding hydrogens is 236 g/mol. The van der Waals surface area contributed by atoms with Crippen molar-refractivity contribution in [2.75, 3.05) is 26.3 Å². The van der Waals surface area contributed by atoms with Crippen LogP contribution < -0.4 is 11.1 Å². The molecule has 1 aromatic rings. The lowest BCUT2D eigenvalue weighted by molar-refractivity contribution is 0.126. The van der Waals surface area contributed by atoms with Crippen molar-refractivity contribution in [3.63, 3.8) is 0 Å². The van der Waals surface area contributed by atoms with E-state index in [1.54, 1.807) is 0 Å². The van der Waals surface area contributed by atoms with E-state index in [9.17, 15) is 0 Å². The molecule has 19 heavy (non-hydrogen) atoms. The highest BCUT2D eigenvalue weighted by Gasteiger charge is 2.20. The molecule has 0 radical (unpaired) electrons. The van der Waals surface area contributed by atoms with Gasteiger partial charge in [0.2, 0.25) is 0 Å². The summed E-state index contributed by atoms with van der Waals surface area (Å²) in [6.45, 7) is 3.54. The molecule has 0 bridgehead atoms. The van der Waals surface area contributed by atoms with Crippen molar-refractivity contribution in [2.24, 2.45) is 11.7 Å². The maximum atomic E-state index is 6.09. The van der Waals surface area contributed by atoms with E-state index in [1.807, 2.05) is 6.07 Å². The average molecular weight is 262 g/mol. The van der Waals surface area contributed by atoms with Crippen LogP contribution in [0.4, 0.5) is 0 Å². The SMILES string of the molecule is NC(CCc1ccccc1)CNCCOCC1CC1. The van der Waals surface area contributed by atoms with Gasteiger partial charge in [0.1, 0.15) is 0 Å². The van der Waals surface area contributed by atoms with Crippen molar-refractivity contribution in [1.29, 1.82) is 0 Å². The van der Waals surface area contributed by atoms with E-state index in [0.717, 1.165) is 45.1 Å². The second kappa shape index (κ2) is 8.31. The summed E-state index contributed by atoms with van der Waals surface area (Å²) in [5, 5.41) is 3.37. The molecule has 1 aliphatic carbocycles. The number of hydrogen-bond acceptors (Lipinski definition) is 3. The minimum atomic E-state index is 0.226. The minimum Gasteiger partial charge on any atom is -0.380 e. The van der Waals surface area contributed by atoms with Crippen LogP contribution in [0.1, 0.15) is 24.8 Å². The summed E-state index contributed by atoms with van der Waals surface area (Å²) in [4.78, 5) is 0. The Labute approximate surface area is 116 Å². The Hall–Kier alpha value is -0.900. The normalized spacial score (nSPS) is 16.5. The fourth-order valence-electron chi connectivity index (χ4n) is 2.07. The number of nitrogens with one attached hydrogen (secondary N) is 1. The maximum absolute atomic E-state index is 6.09. The van der Waals surface area contributed by atoms with E-state index in [-0.39, 0.29) is 6.04 Å². The molecule has 1 atom stereocenters. The second-order valence-electron chi connectivity index (χ2n) is 5.51. The van der Waals surface area contributed by atoms with Crippen LogP contribution in [0, 0.1) is 5.92 Å². The molecule has 1 unspecified atom stereocenters. The van der Waals surface area contributed by atoms with Gasteiger partial charge < -0.3 is 15.8 Å². The molecule has 0 aromatic heterocycles. The fourth-order valence-corrected chi connectivity index (χ4v) is 2.07. The highest BCUT2D eigenvalue weighted by Crippen LogP contribution is 2.28. The third kappa shape index (κ3) is 6.71. The number of rotatable bonds is 10. The van der Waals surface area contributed by atoms with E-state index in [0.29, 0.717) is 0 Å². The third-order valence-electron chi connectivity index (χ3n) is 3.53. The summed E-state index contributed by atoms with van der Waals surface area (Å²) in [6, 6.07) is 10.8. The number of hydrogen-bond donors (Lipinski definition) is 2. The average Bonchev–Trinajstić information content (AvgIpc) is 3.26. The Kier molecular flexibility index (Phi) is 6.34. The molecule has 3 N–H and O–H groups in total. The Balaban J connectivity index is 1.44. The zero-order valence-electron chi connectivity index (χ0n) is 11.7. The van der Waals surface area contributed by atoms with Crippen LogP contribution in [0.3, 0.4) is 0 Å². The van der Waals surface area contributed by atoms with Crippen molar-refractivity contribution in [2.45, 2.75) is 31.7 Å². The smallest absolute Gasteiger partial charge is 0.0591 e. The van der Waals surface area contributed by atoms with E-state index in [4.69, 9.17) is 10.5 Å². The first-order valence-electron chi connectivity index (χ1n) is 7.42.